The summed E-state index contributed by atoms with van der Waals surface area (Å²) in [6, 6.07) is 0. The third kappa shape index (κ3) is 1.40. The average molecular weight is 179 g/mol. The molecule has 2 heterocycles. The van der Waals surface area contributed by atoms with Crippen molar-refractivity contribution in [3.63, 3.8) is 0 Å². The van der Waals surface area contributed by atoms with Gasteiger partial charge in [-0.25, -0.2) is 4.79 Å². The highest BCUT2D eigenvalue weighted by atomic mass is 16.5. The number of rotatable bonds is 1. The zero-order valence-electron chi connectivity index (χ0n) is 6.88. The quantitative estimate of drug-likeness (QED) is 0.641. The van der Waals surface area contributed by atoms with Gasteiger partial charge in [0.15, 0.2) is 6.23 Å². The van der Waals surface area contributed by atoms with Crippen LogP contribution in [-0.4, -0.2) is 30.1 Å². The third-order valence-corrected chi connectivity index (χ3v) is 2.12. The number of carboxylic acids is 1. The highest BCUT2D eigenvalue weighted by molar-refractivity contribution is 5.88. The molecule has 4 heteroatoms. The van der Waals surface area contributed by atoms with Crippen LogP contribution in [0.3, 0.4) is 0 Å². The molecule has 2 rings (SSSR count). The topological polar surface area (TPSA) is 58.9 Å². The van der Waals surface area contributed by atoms with E-state index in [1.807, 2.05) is 0 Å². The Labute approximate surface area is 75.2 Å². The van der Waals surface area contributed by atoms with Gasteiger partial charge in [0.25, 0.3) is 0 Å². The summed E-state index contributed by atoms with van der Waals surface area (Å²) < 4.78 is 5.27. The van der Waals surface area contributed by atoms with Crippen LogP contribution >= 0.6 is 0 Å². The zero-order chi connectivity index (χ0) is 9.26. The van der Waals surface area contributed by atoms with Crippen molar-refractivity contribution in [2.45, 2.75) is 6.23 Å². The highest BCUT2D eigenvalue weighted by Crippen LogP contribution is 2.26. The van der Waals surface area contributed by atoms with E-state index in [1.165, 1.54) is 0 Å². The predicted octanol–water partition coefficient (Wildman–Crippen LogP) is 0.611. The number of fused-ring (bicyclic) bond motifs is 1. The van der Waals surface area contributed by atoms with Gasteiger partial charge in [-0.3, -0.25) is 4.99 Å². The Morgan fingerprint density at radius 1 is 1.69 bits per heavy atom. The number of dihydropyridines is 1. The van der Waals surface area contributed by atoms with Crippen LogP contribution in [0.25, 0.3) is 0 Å². The highest BCUT2D eigenvalue weighted by Gasteiger charge is 2.30. The smallest absolute Gasteiger partial charge is 0.332 e. The van der Waals surface area contributed by atoms with Crippen LogP contribution in [0, 0.1) is 5.92 Å². The van der Waals surface area contributed by atoms with Crippen LogP contribution in [0.5, 0.6) is 0 Å². The predicted molar refractivity (Wildman–Crippen MR) is 46.6 cm³/mol. The summed E-state index contributed by atoms with van der Waals surface area (Å²) in [6.07, 6.45) is 6.42. The van der Waals surface area contributed by atoms with Gasteiger partial charge in [0, 0.05) is 11.8 Å². The van der Waals surface area contributed by atoms with Crippen LogP contribution in [0.2, 0.25) is 0 Å². The monoisotopic (exact) mass is 179 g/mol. The number of carboxylic acid groups (broad SMARTS) is 1. The molecule has 0 saturated carbocycles. The number of hydrogen-bond acceptors (Lipinski definition) is 3. The molecule has 0 aliphatic carbocycles. The van der Waals surface area contributed by atoms with E-state index >= 15 is 0 Å². The first-order valence-corrected chi connectivity index (χ1v) is 4.04. The van der Waals surface area contributed by atoms with E-state index in [4.69, 9.17) is 9.84 Å². The molecule has 4 nitrogen and oxygen atoms in total. The van der Waals surface area contributed by atoms with Crippen LogP contribution < -0.4 is 0 Å². The maximum atomic E-state index is 10.8. The maximum Gasteiger partial charge on any atom is 0.332 e. The van der Waals surface area contributed by atoms with E-state index in [-0.39, 0.29) is 12.1 Å². The lowest BCUT2D eigenvalue weighted by molar-refractivity contribution is -0.134. The number of aliphatic carboxylic acids is 1. The molecule has 0 bridgehead atoms. The van der Waals surface area contributed by atoms with E-state index < -0.39 is 5.97 Å². The largest absolute Gasteiger partial charge is 0.478 e. The number of allylic oxidation sites excluding steroid dienone is 1. The van der Waals surface area contributed by atoms with Gasteiger partial charge in [-0.05, 0) is 12.2 Å². The lowest BCUT2D eigenvalue weighted by Crippen LogP contribution is -2.31. The first-order chi connectivity index (χ1) is 6.29. The molecule has 0 amide bonds. The Morgan fingerprint density at radius 3 is 3.31 bits per heavy atom. The summed E-state index contributed by atoms with van der Waals surface area (Å²) in [5.41, 5.74) is 0.379. The van der Waals surface area contributed by atoms with Gasteiger partial charge in [0.05, 0.1) is 12.5 Å². The molecule has 2 atom stereocenters. The zero-order valence-corrected chi connectivity index (χ0v) is 6.88. The summed E-state index contributed by atoms with van der Waals surface area (Å²) in [5, 5.41) is 8.87. The Bertz CT molecular complexity index is 317. The minimum absolute atomic E-state index is 0.226. The summed E-state index contributed by atoms with van der Waals surface area (Å²) in [5.74, 6) is -1.11. The van der Waals surface area contributed by atoms with Gasteiger partial charge in [-0.2, -0.15) is 0 Å². The number of carbonyl (C=O) groups is 1. The molecule has 13 heavy (non-hydrogen) atoms. The van der Waals surface area contributed by atoms with Crippen molar-refractivity contribution in [1.29, 1.82) is 0 Å². The molecule has 2 aliphatic rings. The van der Waals surface area contributed by atoms with Crippen molar-refractivity contribution in [2.24, 2.45) is 10.9 Å². The molecular weight excluding hydrogens is 170 g/mol. The van der Waals surface area contributed by atoms with Crippen LogP contribution in [0.4, 0.5) is 0 Å². The molecule has 0 aromatic carbocycles. The Hall–Kier alpha value is -1.42. The summed E-state index contributed by atoms with van der Waals surface area (Å²) in [7, 11) is 0. The molecule has 1 N–H and O–H groups in total. The van der Waals surface area contributed by atoms with Crippen molar-refractivity contribution in [2.75, 3.05) is 6.61 Å². The van der Waals surface area contributed by atoms with E-state index in [0.29, 0.717) is 12.2 Å². The summed E-state index contributed by atoms with van der Waals surface area (Å²) >= 11 is 0. The van der Waals surface area contributed by atoms with Crippen molar-refractivity contribution < 1.29 is 14.6 Å². The maximum absolute atomic E-state index is 10.8. The SMILES string of the molecule is O=C(O)C1=CCOC2N=CC=CC12. The first-order valence-electron chi connectivity index (χ1n) is 4.04. The van der Waals surface area contributed by atoms with Crippen LogP contribution in [0.15, 0.2) is 28.8 Å². The van der Waals surface area contributed by atoms with Gasteiger partial charge >= 0.3 is 5.97 Å². The fourth-order valence-electron chi connectivity index (χ4n) is 1.50. The Morgan fingerprint density at radius 2 is 2.54 bits per heavy atom. The van der Waals surface area contributed by atoms with Gasteiger partial charge in [0.2, 0.25) is 0 Å². The number of hydrogen-bond donors (Lipinski definition) is 1. The molecule has 0 radical (unpaired) electrons. The number of ether oxygens (including phenoxy) is 1. The lowest BCUT2D eigenvalue weighted by Gasteiger charge is -2.27. The minimum atomic E-state index is -0.889. The van der Waals surface area contributed by atoms with Crippen molar-refractivity contribution in [3.8, 4) is 0 Å². The molecule has 0 saturated heterocycles. The molecule has 0 aromatic rings. The van der Waals surface area contributed by atoms with Crippen molar-refractivity contribution >= 4 is 12.2 Å². The second-order valence-electron chi connectivity index (χ2n) is 2.90. The summed E-state index contributed by atoms with van der Waals surface area (Å²) in [4.78, 5) is 14.8. The number of aliphatic imine (C=N–C) groups is 1. The van der Waals surface area contributed by atoms with E-state index in [2.05, 4.69) is 4.99 Å². The Kier molecular flexibility index (Phi) is 1.98. The normalized spacial score (nSPS) is 30.9. The van der Waals surface area contributed by atoms with E-state index in [0.717, 1.165) is 0 Å². The minimum Gasteiger partial charge on any atom is -0.478 e. The van der Waals surface area contributed by atoms with E-state index in [9.17, 15) is 4.79 Å². The number of nitrogens with zero attached hydrogens (tertiary/aromatic N) is 1. The van der Waals surface area contributed by atoms with Crippen LogP contribution in [-0.2, 0) is 9.53 Å². The fraction of sp³-hybridized carbons (Fsp3) is 0.333. The molecule has 0 fully saturated rings. The van der Waals surface area contributed by atoms with Crippen molar-refractivity contribution in [3.05, 3.63) is 23.8 Å². The third-order valence-electron chi connectivity index (χ3n) is 2.12. The van der Waals surface area contributed by atoms with Gasteiger partial charge < -0.3 is 9.84 Å². The second-order valence-corrected chi connectivity index (χ2v) is 2.90. The van der Waals surface area contributed by atoms with Gasteiger partial charge in [-0.15, -0.1) is 0 Å². The fourth-order valence-corrected chi connectivity index (χ4v) is 1.50. The van der Waals surface area contributed by atoms with Gasteiger partial charge in [-0.1, -0.05) is 6.08 Å². The van der Waals surface area contributed by atoms with E-state index in [1.54, 1.807) is 24.4 Å². The summed E-state index contributed by atoms with van der Waals surface area (Å²) in [6.45, 7) is 0.327. The van der Waals surface area contributed by atoms with Crippen LogP contribution in [0.1, 0.15) is 0 Å². The molecule has 68 valence electrons. The van der Waals surface area contributed by atoms with Crippen molar-refractivity contribution in [1.82, 2.24) is 0 Å². The van der Waals surface area contributed by atoms with Gasteiger partial charge in [0.1, 0.15) is 0 Å². The first kappa shape index (κ1) is 8.19. The molecular formula is C9H9NO3. The lowest BCUT2D eigenvalue weighted by atomic mass is 9.93. The molecule has 0 spiro atoms. The molecule has 2 unspecified atom stereocenters. The molecule has 2 aliphatic heterocycles. The second kappa shape index (κ2) is 3.14. The molecule has 0 aromatic heterocycles. The standard InChI is InChI=1S/C9H9NO3/c11-9(12)7-3-5-13-8-6(7)2-1-4-10-8/h1-4,6,8H,5H2,(H,11,12). The Balaban J connectivity index is 2.29. The average Bonchev–Trinajstić information content (AvgIpc) is 2.17.